The Morgan fingerprint density at radius 1 is 1.23 bits per heavy atom. The molecule has 0 amide bonds. The topological polar surface area (TPSA) is 50.9 Å². The molecule has 0 bridgehead atoms. The Bertz CT molecular complexity index is 730. The van der Waals surface area contributed by atoms with E-state index < -0.39 is 11.6 Å². The van der Waals surface area contributed by atoms with Gasteiger partial charge in [-0.25, -0.2) is 8.78 Å². The first kappa shape index (κ1) is 14.1. The normalized spacial score (nSPS) is 20.4. The second kappa shape index (κ2) is 5.31. The van der Waals surface area contributed by atoms with Crippen LogP contribution in [0.5, 0.6) is 0 Å². The van der Waals surface area contributed by atoms with Crippen LogP contribution in [0, 0.1) is 11.6 Å². The van der Waals surface area contributed by atoms with Gasteiger partial charge in [0, 0.05) is 17.4 Å². The van der Waals surface area contributed by atoms with Gasteiger partial charge in [0.15, 0.2) is 11.0 Å². The van der Waals surface area contributed by atoms with E-state index in [0.717, 1.165) is 36.0 Å². The number of halogens is 2. The van der Waals surface area contributed by atoms with E-state index in [-0.39, 0.29) is 11.9 Å². The first-order chi connectivity index (χ1) is 10.7. The SMILES string of the molecule is OCc1nnc(SC2CCc3c(F)cc(F)cc32)n1C1CC1. The van der Waals surface area contributed by atoms with Gasteiger partial charge in [0.25, 0.3) is 0 Å². The Hall–Kier alpha value is -1.47. The Labute approximate surface area is 130 Å². The lowest BCUT2D eigenvalue weighted by atomic mass is 10.1. The molecule has 1 aromatic carbocycles. The molecular weight excluding hydrogens is 308 g/mol. The minimum Gasteiger partial charge on any atom is -0.388 e. The molecule has 2 aliphatic carbocycles. The van der Waals surface area contributed by atoms with Crippen molar-refractivity contribution < 1.29 is 13.9 Å². The van der Waals surface area contributed by atoms with Gasteiger partial charge in [0.2, 0.25) is 0 Å². The van der Waals surface area contributed by atoms with Crippen LogP contribution in [-0.4, -0.2) is 19.9 Å². The zero-order valence-electron chi connectivity index (χ0n) is 11.8. The Morgan fingerprint density at radius 3 is 2.77 bits per heavy atom. The van der Waals surface area contributed by atoms with Crippen molar-refractivity contribution in [3.8, 4) is 0 Å². The minimum absolute atomic E-state index is 0.0200. The van der Waals surface area contributed by atoms with Gasteiger partial charge in [-0.05, 0) is 42.9 Å². The summed E-state index contributed by atoms with van der Waals surface area (Å²) in [6.07, 6.45) is 3.49. The highest BCUT2D eigenvalue weighted by Crippen LogP contribution is 2.47. The summed E-state index contributed by atoms with van der Waals surface area (Å²) >= 11 is 1.49. The molecule has 1 heterocycles. The summed E-state index contributed by atoms with van der Waals surface area (Å²) in [7, 11) is 0. The number of hydrogen-bond acceptors (Lipinski definition) is 4. The van der Waals surface area contributed by atoms with Gasteiger partial charge in [0.1, 0.15) is 18.2 Å². The number of aliphatic hydroxyl groups excluding tert-OH is 1. The molecule has 4 nitrogen and oxygen atoms in total. The van der Waals surface area contributed by atoms with E-state index in [1.54, 1.807) is 0 Å². The fourth-order valence-electron chi connectivity index (χ4n) is 3.05. The van der Waals surface area contributed by atoms with Gasteiger partial charge < -0.3 is 9.67 Å². The van der Waals surface area contributed by atoms with Gasteiger partial charge >= 0.3 is 0 Å². The second-order valence-electron chi connectivity index (χ2n) is 5.76. The Balaban J connectivity index is 1.66. The van der Waals surface area contributed by atoms with Gasteiger partial charge in [0.05, 0.1) is 0 Å². The van der Waals surface area contributed by atoms with Crippen LogP contribution in [0.1, 0.15) is 47.5 Å². The molecule has 2 aliphatic rings. The van der Waals surface area contributed by atoms with Crippen LogP contribution in [0.4, 0.5) is 8.78 Å². The van der Waals surface area contributed by atoms with E-state index in [1.165, 1.54) is 17.8 Å². The Morgan fingerprint density at radius 2 is 2.05 bits per heavy atom. The molecule has 1 N–H and O–H groups in total. The van der Waals surface area contributed by atoms with Crippen LogP contribution in [0.3, 0.4) is 0 Å². The van der Waals surface area contributed by atoms with Crippen LogP contribution in [0.25, 0.3) is 0 Å². The van der Waals surface area contributed by atoms with Crippen molar-refractivity contribution in [1.29, 1.82) is 0 Å². The molecule has 2 aromatic rings. The molecule has 1 unspecified atom stereocenters. The van der Waals surface area contributed by atoms with Crippen molar-refractivity contribution in [2.75, 3.05) is 0 Å². The molecule has 1 fully saturated rings. The molecule has 1 aromatic heterocycles. The molecule has 0 aliphatic heterocycles. The summed E-state index contributed by atoms with van der Waals surface area (Å²) in [4.78, 5) is 0. The third-order valence-corrected chi connectivity index (χ3v) is 5.50. The molecular formula is C15H15F2N3OS. The summed E-state index contributed by atoms with van der Waals surface area (Å²) < 4.78 is 29.3. The Kier molecular flexibility index (Phi) is 3.41. The molecule has 1 atom stereocenters. The molecule has 4 rings (SSSR count). The highest BCUT2D eigenvalue weighted by molar-refractivity contribution is 7.99. The van der Waals surface area contributed by atoms with Gasteiger partial charge in [-0.1, -0.05) is 11.8 Å². The van der Waals surface area contributed by atoms with Crippen LogP contribution >= 0.6 is 11.8 Å². The quantitative estimate of drug-likeness (QED) is 0.939. The predicted octanol–water partition coefficient (Wildman–Crippen LogP) is 3.16. The molecule has 1 saturated carbocycles. The third-order valence-electron chi connectivity index (χ3n) is 4.23. The van der Waals surface area contributed by atoms with Gasteiger partial charge in [-0.2, -0.15) is 0 Å². The minimum atomic E-state index is -0.538. The molecule has 0 spiro atoms. The number of thioether (sulfide) groups is 1. The standard InChI is InChI=1S/C15H15F2N3OS/c16-8-5-11-10(12(17)6-8)3-4-13(11)22-15-19-18-14(7-21)20(15)9-1-2-9/h5-6,9,13,21H,1-4,7H2. The van der Waals surface area contributed by atoms with Crippen molar-refractivity contribution in [2.24, 2.45) is 0 Å². The highest BCUT2D eigenvalue weighted by Gasteiger charge is 2.33. The van der Waals surface area contributed by atoms with Crippen molar-refractivity contribution in [3.63, 3.8) is 0 Å². The average molecular weight is 323 g/mol. The van der Waals surface area contributed by atoms with Crippen LogP contribution in [0.15, 0.2) is 17.3 Å². The molecule has 22 heavy (non-hydrogen) atoms. The lowest BCUT2D eigenvalue weighted by molar-refractivity contribution is 0.263. The number of fused-ring (bicyclic) bond motifs is 1. The monoisotopic (exact) mass is 323 g/mol. The number of benzene rings is 1. The summed E-state index contributed by atoms with van der Waals surface area (Å²) in [5.74, 6) is -0.435. The maximum atomic E-state index is 13.8. The number of aliphatic hydroxyl groups is 1. The van der Waals surface area contributed by atoms with E-state index in [1.807, 2.05) is 4.57 Å². The largest absolute Gasteiger partial charge is 0.388 e. The lowest BCUT2D eigenvalue weighted by Gasteiger charge is -2.13. The summed E-state index contributed by atoms with van der Waals surface area (Å²) in [5.41, 5.74) is 1.33. The number of aromatic nitrogens is 3. The number of nitrogens with zero attached hydrogens (tertiary/aromatic N) is 3. The van der Waals surface area contributed by atoms with Crippen molar-refractivity contribution >= 4 is 11.8 Å². The fourth-order valence-corrected chi connectivity index (χ4v) is 4.33. The maximum Gasteiger partial charge on any atom is 0.192 e. The van der Waals surface area contributed by atoms with Crippen molar-refractivity contribution in [2.45, 2.75) is 48.7 Å². The van der Waals surface area contributed by atoms with E-state index in [2.05, 4.69) is 10.2 Å². The van der Waals surface area contributed by atoms with Crippen LogP contribution in [-0.2, 0) is 13.0 Å². The van der Waals surface area contributed by atoms with Gasteiger partial charge in [-0.15, -0.1) is 10.2 Å². The van der Waals surface area contributed by atoms with Crippen LogP contribution in [0.2, 0.25) is 0 Å². The second-order valence-corrected chi connectivity index (χ2v) is 6.93. The first-order valence-corrected chi connectivity index (χ1v) is 8.24. The van der Waals surface area contributed by atoms with Crippen LogP contribution < -0.4 is 0 Å². The van der Waals surface area contributed by atoms with E-state index in [4.69, 9.17) is 0 Å². The molecule has 116 valence electrons. The highest BCUT2D eigenvalue weighted by atomic mass is 32.2. The molecule has 7 heteroatoms. The van der Waals surface area contributed by atoms with Crippen molar-refractivity contribution in [3.05, 3.63) is 40.7 Å². The zero-order valence-corrected chi connectivity index (χ0v) is 12.6. The predicted molar refractivity (Wildman–Crippen MR) is 77.5 cm³/mol. The average Bonchev–Trinajstić information content (AvgIpc) is 3.13. The zero-order chi connectivity index (χ0) is 15.3. The maximum absolute atomic E-state index is 13.8. The number of hydrogen-bond donors (Lipinski definition) is 1. The van der Waals surface area contributed by atoms with E-state index in [0.29, 0.717) is 23.9 Å². The van der Waals surface area contributed by atoms with Gasteiger partial charge in [-0.3, -0.25) is 0 Å². The summed E-state index contributed by atoms with van der Waals surface area (Å²) in [5, 5.41) is 18.3. The summed E-state index contributed by atoms with van der Waals surface area (Å²) in [6.45, 7) is -0.144. The lowest BCUT2D eigenvalue weighted by Crippen LogP contribution is -2.03. The van der Waals surface area contributed by atoms with E-state index >= 15 is 0 Å². The smallest absolute Gasteiger partial charge is 0.192 e. The van der Waals surface area contributed by atoms with E-state index in [9.17, 15) is 13.9 Å². The third kappa shape index (κ3) is 2.32. The number of rotatable bonds is 4. The van der Waals surface area contributed by atoms with Crippen molar-refractivity contribution in [1.82, 2.24) is 14.8 Å². The summed E-state index contributed by atoms with van der Waals surface area (Å²) in [6, 6.07) is 2.72. The fraction of sp³-hybridized carbons (Fsp3) is 0.467. The first-order valence-electron chi connectivity index (χ1n) is 7.36. The molecule has 0 saturated heterocycles. The molecule has 0 radical (unpaired) electrons.